The van der Waals surface area contributed by atoms with E-state index in [1.165, 1.54) is 13.8 Å². The lowest BCUT2D eigenvalue weighted by Gasteiger charge is -2.09. The fourth-order valence-corrected chi connectivity index (χ4v) is 2.29. The van der Waals surface area contributed by atoms with Gasteiger partial charge in [0.2, 0.25) is 0 Å². The van der Waals surface area contributed by atoms with Crippen LogP contribution in [-0.2, 0) is 9.84 Å². The summed E-state index contributed by atoms with van der Waals surface area (Å²) in [6.07, 6.45) is -4.96. The molecule has 0 amide bonds. The Labute approximate surface area is 103 Å². The summed E-state index contributed by atoms with van der Waals surface area (Å²) in [5, 5.41) is -0.679. The molecule has 0 spiro atoms. The van der Waals surface area contributed by atoms with Crippen LogP contribution >= 0.6 is 0 Å². The van der Waals surface area contributed by atoms with Gasteiger partial charge >= 0.3 is 6.18 Å². The fourth-order valence-electron chi connectivity index (χ4n) is 1.23. The van der Waals surface area contributed by atoms with Crippen LogP contribution in [0.25, 0.3) is 0 Å². The van der Waals surface area contributed by atoms with Crippen LogP contribution < -0.4 is 0 Å². The van der Waals surface area contributed by atoms with Gasteiger partial charge in [0.15, 0.2) is 9.84 Å². The quantitative estimate of drug-likeness (QED) is 0.800. The van der Waals surface area contributed by atoms with E-state index in [4.69, 9.17) is 0 Å². The first kappa shape index (κ1) is 14.7. The summed E-state index contributed by atoms with van der Waals surface area (Å²) in [5.74, 6) is -1.99. The molecular weight excluding hydrogens is 269 g/mol. The Balaban J connectivity index is 3.13. The molecule has 0 saturated carbocycles. The van der Waals surface area contributed by atoms with Gasteiger partial charge in [-0.2, -0.15) is 13.2 Å². The smallest absolute Gasteiger partial charge is 0.284 e. The van der Waals surface area contributed by atoms with Crippen molar-refractivity contribution < 1.29 is 26.4 Å². The van der Waals surface area contributed by atoms with Gasteiger partial charge in [-0.15, -0.1) is 0 Å². The highest BCUT2D eigenvalue weighted by molar-refractivity contribution is 7.92. The van der Waals surface area contributed by atoms with Crippen LogP contribution in [0.4, 0.5) is 13.2 Å². The number of alkyl halides is 3. The Morgan fingerprint density at radius 1 is 1.11 bits per heavy atom. The summed E-state index contributed by atoms with van der Waals surface area (Å²) in [4.78, 5) is 10.8. The molecule has 18 heavy (non-hydrogen) atoms. The first-order valence-electron chi connectivity index (χ1n) is 5.02. The van der Waals surface area contributed by atoms with Crippen molar-refractivity contribution in [1.29, 1.82) is 0 Å². The summed E-state index contributed by atoms with van der Waals surface area (Å²) in [5.41, 5.74) is -0.579. The molecule has 0 heterocycles. The molecule has 0 aliphatic rings. The van der Waals surface area contributed by atoms with Crippen molar-refractivity contribution in [2.75, 3.05) is 0 Å². The van der Waals surface area contributed by atoms with Crippen LogP contribution in [-0.4, -0.2) is 25.6 Å². The van der Waals surface area contributed by atoms with Crippen LogP contribution in [0.15, 0.2) is 29.2 Å². The zero-order valence-electron chi connectivity index (χ0n) is 9.65. The second-order valence-electron chi connectivity index (χ2n) is 3.95. The molecule has 7 heteroatoms. The summed E-state index contributed by atoms with van der Waals surface area (Å²) in [6, 6.07) is 3.75. The zero-order chi connectivity index (χ0) is 14.1. The normalized spacial score (nSPS) is 12.8. The van der Waals surface area contributed by atoms with Gasteiger partial charge in [-0.05, 0) is 38.1 Å². The van der Waals surface area contributed by atoms with Gasteiger partial charge in [-0.3, -0.25) is 4.79 Å². The molecule has 1 aromatic carbocycles. The molecule has 1 rings (SSSR count). The molecule has 0 N–H and O–H groups in total. The maximum atomic E-state index is 12.1. The average molecular weight is 280 g/mol. The minimum absolute atomic E-state index is 0.101. The van der Waals surface area contributed by atoms with Crippen molar-refractivity contribution in [3.63, 3.8) is 0 Å². The van der Waals surface area contributed by atoms with Crippen molar-refractivity contribution in [3.05, 3.63) is 29.8 Å². The van der Waals surface area contributed by atoms with E-state index in [1.807, 2.05) is 0 Å². The van der Waals surface area contributed by atoms with Gasteiger partial charge in [0.05, 0.1) is 10.1 Å². The Bertz CT molecular complexity index is 542. The predicted molar refractivity (Wildman–Crippen MR) is 59.1 cm³/mol. The summed E-state index contributed by atoms with van der Waals surface area (Å²) < 4.78 is 59.8. The van der Waals surface area contributed by atoms with E-state index in [2.05, 4.69) is 0 Å². The molecule has 100 valence electrons. The van der Waals surface area contributed by atoms with Crippen molar-refractivity contribution in [1.82, 2.24) is 0 Å². The number of halogens is 3. The fraction of sp³-hybridized carbons (Fsp3) is 0.364. The van der Waals surface area contributed by atoms with E-state index in [0.717, 1.165) is 24.3 Å². The number of hydrogen-bond acceptors (Lipinski definition) is 3. The van der Waals surface area contributed by atoms with Gasteiger partial charge in [0, 0.05) is 5.56 Å². The summed E-state index contributed by atoms with van der Waals surface area (Å²) in [6.45, 7) is 2.92. The second kappa shape index (κ2) is 4.72. The number of ketones is 1. The van der Waals surface area contributed by atoms with E-state index in [-0.39, 0.29) is 4.90 Å². The molecule has 0 aromatic heterocycles. The number of sulfone groups is 1. The minimum atomic E-state index is -4.96. The van der Waals surface area contributed by atoms with E-state index in [0.29, 0.717) is 0 Å². The SMILES string of the molecule is CC(C)S(=O)(=O)c1ccc(C(=O)C(F)(F)F)cc1. The molecular formula is C11H11F3O3S. The highest BCUT2D eigenvalue weighted by atomic mass is 32.2. The maximum absolute atomic E-state index is 12.1. The largest absolute Gasteiger partial charge is 0.454 e. The number of hydrogen-bond donors (Lipinski definition) is 0. The summed E-state index contributed by atoms with van der Waals surface area (Å²) >= 11 is 0. The van der Waals surface area contributed by atoms with Crippen LogP contribution in [0.1, 0.15) is 24.2 Å². The van der Waals surface area contributed by atoms with E-state index >= 15 is 0 Å². The Kier molecular flexibility index (Phi) is 3.85. The van der Waals surface area contributed by atoms with Gasteiger partial charge in [0.1, 0.15) is 0 Å². The van der Waals surface area contributed by atoms with Gasteiger partial charge in [-0.25, -0.2) is 8.42 Å². The number of carbonyl (C=O) groups is 1. The van der Waals surface area contributed by atoms with Crippen molar-refractivity contribution in [2.24, 2.45) is 0 Å². The third kappa shape index (κ3) is 2.90. The van der Waals surface area contributed by atoms with Gasteiger partial charge in [0.25, 0.3) is 5.78 Å². The monoisotopic (exact) mass is 280 g/mol. The summed E-state index contributed by atoms with van der Waals surface area (Å²) in [7, 11) is -3.55. The Morgan fingerprint density at radius 2 is 1.56 bits per heavy atom. The first-order chi connectivity index (χ1) is 8.06. The molecule has 0 radical (unpaired) electrons. The van der Waals surface area contributed by atoms with E-state index < -0.39 is 32.6 Å². The van der Waals surface area contributed by atoms with Crippen molar-refractivity contribution >= 4 is 15.6 Å². The standard InChI is InChI=1S/C11H11F3O3S/c1-7(2)18(16,17)9-5-3-8(4-6-9)10(15)11(12,13)14/h3-7H,1-2H3. The molecule has 0 bridgehead atoms. The topological polar surface area (TPSA) is 51.2 Å². The average Bonchev–Trinajstić information content (AvgIpc) is 2.26. The molecule has 0 aliphatic heterocycles. The third-order valence-corrected chi connectivity index (χ3v) is 4.49. The number of Topliss-reactive ketones (excluding diaryl/α,β-unsaturated/α-hetero) is 1. The second-order valence-corrected chi connectivity index (χ2v) is 6.45. The highest BCUT2D eigenvalue weighted by Gasteiger charge is 2.39. The van der Waals surface area contributed by atoms with Crippen LogP contribution in [0.5, 0.6) is 0 Å². The lowest BCUT2D eigenvalue weighted by molar-refractivity contribution is -0.0885. The molecule has 0 fully saturated rings. The van der Waals surface area contributed by atoms with E-state index in [9.17, 15) is 26.4 Å². The molecule has 1 aromatic rings. The molecule has 0 unspecified atom stereocenters. The van der Waals surface area contributed by atoms with E-state index in [1.54, 1.807) is 0 Å². The van der Waals surface area contributed by atoms with Gasteiger partial charge < -0.3 is 0 Å². The number of carbonyl (C=O) groups excluding carboxylic acids is 1. The third-order valence-electron chi connectivity index (χ3n) is 2.32. The zero-order valence-corrected chi connectivity index (χ0v) is 10.5. The van der Waals surface area contributed by atoms with Crippen LogP contribution in [0, 0.1) is 0 Å². The molecule has 0 saturated heterocycles. The lowest BCUT2D eigenvalue weighted by Crippen LogP contribution is -2.22. The molecule has 0 aliphatic carbocycles. The van der Waals surface area contributed by atoms with Crippen LogP contribution in [0.3, 0.4) is 0 Å². The molecule has 3 nitrogen and oxygen atoms in total. The lowest BCUT2D eigenvalue weighted by atomic mass is 10.1. The Morgan fingerprint density at radius 3 is 1.89 bits per heavy atom. The van der Waals surface area contributed by atoms with Crippen LogP contribution in [0.2, 0.25) is 0 Å². The first-order valence-corrected chi connectivity index (χ1v) is 6.57. The van der Waals surface area contributed by atoms with Crippen molar-refractivity contribution in [2.45, 2.75) is 30.2 Å². The van der Waals surface area contributed by atoms with Crippen molar-refractivity contribution in [3.8, 4) is 0 Å². The highest BCUT2D eigenvalue weighted by Crippen LogP contribution is 2.23. The molecule has 0 atom stereocenters. The minimum Gasteiger partial charge on any atom is -0.284 e. The number of rotatable bonds is 3. The Hall–Kier alpha value is -1.37. The predicted octanol–water partition coefficient (Wildman–Crippen LogP) is 2.61. The number of benzene rings is 1. The van der Waals surface area contributed by atoms with Gasteiger partial charge in [-0.1, -0.05) is 0 Å². The maximum Gasteiger partial charge on any atom is 0.454 e.